The number of amides is 1. The van der Waals surface area contributed by atoms with Crippen molar-refractivity contribution in [3.63, 3.8) is 0 Å². The minimum absolute atomic E-state index is 0. The van der Waals surface area contributed by atoms with Gasteiger partial charge in [0.25, 0.3) is 0 Å². The van der Waals surface area contributed by atoms with Crippen LogP contribution in [0.15, 0.2) is 24.3 Å². The van der Waals surface area contributed by atoms with E-state index in [4.69, 9.17) is 0 Å². The zero-order chi connectivity index (χ0) is 12.1. The standard InChI is InChI=1S/C13H17FN2O.ClH/c14-11-4-1-3-10(7-11)8-13(17)16-12-5-2-6-15-9-12;/h1,3-4,7,12,15H,2,5-6,8-9H2,(H,16,17);1H. The van der Waals surface area contributed by atoms with Crippen LogP contribution in [0.2, 0.25) is 0 Å². The van der Waals surface area contributed by atoms with Crippen LogP contribution in [-0.4, -0.2) is 25.0 Å². The maximum atomic E-state index is 12.9. The van der Waals surface area contributed by atoms with E-state index in [-0.39, 0.29) is 36.6 Å². The van der Waals surface area contributed by atoms with Gasteiger partial charge in [0.2, 0.25) is 5.91 Å². The van der Waals surface area contributed by atoms with Crippen molar-refractivity contribution in [3.8, 4) is 0 Å². The summed E-state index contributed by atoms with van der Waals surface area (Å²) in [6, 6.07) is 6.39. The third kappa shape index (κ3) is 4.63. The second-order valence-electron chi connectivity index (χ2n) is 4.42. The predicted octanol–water partition coefficient (Wildman–Crippen LogP) is 1.66. The van der Waals surface area contributed by atoms with E-state index in [0.717, 1.165) is 25.9 Å². The molecule has 1 atom stereocenters. The minimum Gasteiger partial charge on any atom is -0.352 e. The van der Waals surface area contributed by atoms with Gasteiger partial charge in [0.05, 0.1) is 6.42 Å². The molecule has 1 unspecified atom stereocenters. The molecule has 3 nitrogen and oxygen atoms in total. The fourth-order valence-electron chi connectivity index (χ4n) is 2.09. The molecule has 0 spiro atoms. The van der Waals surface area contributed by atoms with Gasteiger partial charge < -0.3 is 10.6 Å². The fourth-order valence-corrected chi connectivity index (χ4v) is 2.09. The number of carbonyl (C=O) groups excluding carboxylic acids is 1. The zero-order valence-corrected chi connectivity index (χ0v) is 10.9. The quantitative estimate of drug-likeness (QED) is 0.879. The SMILES string of the molecule is Cl.O=C(Cc1cccc(F)c1)NC1CCCNC1. The molecule has 2 rings (SSSR count). The molecule has 0 aromatic heterocycles. The van der Waals surface area contributed by atoms with Gasteiger partial charge in [0.15, 0.2) is 0 Å². The van der Waals surface area contributed by atoms with Crippen LogP contribution in [0.25, 0.3) is 0 Å². The first-order valence-corrected chi connectivity index (χ1v) is 5.98. The van der Waals surface area contributed by atoms with Gasteiger partial charge in [-0.1, -0.05) is 12.1 Å². The number of hydrogen-bond donors (Lipinski definition) is 2. The summed E-state index contributed by atoms with van der Waals surface area (Å²) in [6.45, 7) is 1.85. The van der Waals surface area contributed by atoms with E-state index in [1.54, 1.807) is 12.1 Å². The van der Waals surface area contributed by atoms with Crippen LogP contribution in [0.1, 0.15) is 18.4 Å². The molecule has 1 aromatic carbocycles. The number of halogens is 2. The molecule has 1 fully saturated rings. The molecule has 1 amide bonds. The molecule has 100 valence electrons. The Kier molecular flexibility index (Phi) is 6.09. The van der Waals surface area contributed by atoms with Crippen LogP contribution in [0.3, 0.4) is 0 Å². The van der Waals surface area contributed by atoms with Crippen molar-refractivity contribution in [2.24, 2.45) is 0 Å². The Balaban J connectivity index is 0.00000162. The normalized spacial score (nSPS) is 18.8. The van der Waals surface area contributed by atoms with Crippen LogP contribution < -0.4 is 10.6 Å². The Morgan fingerprint density at radius 2 is 2.33 bits per heavy atom. The van der Waals surface area contributed by atoms with Gasteiger partial charge in [-0.2, -0.15) is 0 Å². The van der Waals surface area contributed by atoms with E-state index in [1.807, 2.05) is 0 Å². The number of rotatable bonds is 3. The Morgan fingerprint density at radius 3 is 3.00 bits per heavy atom. The molecule has 0 radical (unpaired) electrons. The van der Waals surface area contributed by atoms with Crippen molar-refractivity contribution in [3.05, 3.63) is 35.6 Å². The molecule has 1 aromatic rings. The minimum atomic E-state index is -0.297. The van der Waals surface area contributed by atoms with E-state index in [0.29, 0.717) is 5.56 Å². The van der Waals surface area contributed by atoms with Crippen molar-refractivity contribution in [2.45, 2.75) is 25.3 Å². The summed E-state index contributed by atoms with van der Waals surface area (Å²) < 4.78 is 12.9. The lowest BCUT2D eigenvalue weighted by Crippen LogP contribution is -2.46. The molecular formula is C13H18ClFN2O. The van der Waals surface area contributed by atoms with Crippen molar-refractivity contribution in [2.75, 3.05) is 13.1 Å². The smallest absolute Gasteiger partial charge is 0.224 e. The molecule has 1 aliphatic heterocycles. The summed E-state index contributed by atoms with van der Waals surface area (Å²) in [5.41, 5.74) is 0.714. The maximum absolute atomic E-state index is 12.9. The highest BCUT2D eigenvalue weighted by Crippen LogP contribution is 2.06. The lowest BCUT2D eigenvalue weighted by molar-refractivity contribution is -0.121. The molecule has 1 saturated heterocycles. The summed E-state index contributed by atoms with van der Waals surface area (Å²) in [7, 11) is 0. The van der Waals surface area contributed by atoms with Crippen LogP contribution in [0.5, 0.6) is 0 Å². The fraction of sp³-hybridized carbons (Fsp3) is 0.462. The third-order valence-electron chi connectivity index (χ3n) is 2.92. The van der Waals surface area contributed by atoms with Crippen LogP contribution in [-0.2, 0) is 11.2 Å². The van der Waals surface area contributed by atoms with Crippen molar-refractivity contribution in [1.82, 2.24) is 10.6 Å². The van der Waals surface area contributed by atoms with Gasteiger partial charge in [0.1, 0.15) is 5.82 Å². The van der Waals surface area contributed by atoms with Gasteiger partial charge in [-0.3, -0.25) is 4.79 Å². The van der Waals surface area contributed by atoms with Crippen LogP contribution >= 0.6 is 12.4 Å². The summed E-state index contributed by atoms with van der Waals surface area (Å²) in [4.78, 5) is 11.7. The van der Waals surface area contributed by atoms with Crippen molar-refractivity contribution in [1.29, 1.82) is 0 Å². The molecular weight excluding hydrogens is 255 g/mol. The topological polar surface area (TPSA) is 41.1 Å². The summed E-state index contributed by atoms with van der Waals surface area (Å²) in [5.74, 6) is -0.334. The summed E-state index contributed by atoms with van der Waals surface area (Å²) in [5, 5.41) is 6.20. The summed E-state index contributed by atoms with van der Waals surface area (Å²) in [6.07, 6.45) is 2.35. The molecule has 0 bridgehead atoms. The van der Waals surface area contributed by atoms with Crippen LogP contribution in [0, 0.1) is 5.82 Å². The Hall–Kier alpha value is -1.13. The third-order valence-corrected chi connectivity index (χ3v) is 2.92. The second kappa shape index (κ2) is 7.34. The summed E-state index contributed by atoms with van der Waals surface area (Å²) >= 11 is 0. The average molecular weight is 273 g/mol. The maximum Gasteiger partial charge on any atom is 0.224 e. The number of nitrogens with one attached hydrogen (secondary N) is 2. The number of carbonyl (C=O) groups is 1. The number of piperidine rings is 1. The molecule has 0 aliphatic carbocycles. The van der Waals surface area contributed by atoms with Crippen molar-refractivity contribution < 1.29 is 9.18 Å². The Morgan fingerprint density at radius 1 is 1.50 bits per heavy atom. The number of hydrogen-bond acceptors (Lipinski definition) is 2. The monoisotopic (exact) mass is 272 g/mol. The Bertz CT molecular complexity index is 394. The highest BCUT2D eigenvalue weighted by atomic mass is 35.5. The van der Waals surface area contributed by atoms with E-state index < -0.39 is 0 Å². The molecule has 1 aliphatic rings. The van der Waals surface area contributed by atoms with Crippen LogP contribution in [0.4, 0.5) is 4.39 Å². The Labute approximate surface area is 113 Å². The molecule has 1 heterocycles. The van der Waals surface area contributed by atoms with Gasteiger partial charge >= 0.3 is 0 Å². The first kappa shape index (κ1) is 14.9. The molecule has 2 N–H and O–H groups in total. The molecule has 5 heteroatoms. The van der Waals surface area contributed by atoms with E-state index >= 15 is 0 Å². The highest BCUT2D eigenvalue weighted by Gasteiger charge is 2.15. The number of benzene rings is 1. The first-order valence-electron chi connectivity index (χ1n) is 5.98. The zero-order valence-electron chi connectivity index (χ0n) is 10.1. The predicted molar refractivity (Wildman–Crippen MR) is 71.4 cm³/mol. The van der Waals surface area contributed by atoms with E-state index in [9.17, 15) is 9.18 Å². The second-order valence-corrected chi connectivity index (χ2v) is 4.42. The molecule has 0 saturated carbocycles. The van der Waals surface area contributed by atoms with Crippen molar-refractivity contribution >= 4 is 18.3 Å². The van der Waals surface area contributed by atoms with Gasteiger partial charge in [-0.25, -0.2) is 4.39 Å². The van der Waals surface area contributed by atoms with Gasteiger partial charge in [-0.05, 0) is 37.1 Å². The lowest BCUT2D eigenvalue weighted by Gasteiger charge is -2.23. The average Bonchev–Trinajstić information content (AvgIpc) is 2.30. The lowest BCUT2D eigenvalue weighted by atomic mass is 10.1. The van der Waals surface area contributed by atoms with Gasteiger partial charge in [-0.15, -0.1) is 12.4 Å². The first-order chi connectivity index (χ1) is 8.24. The van der Waals surface area contributed by atoms with Gasteiger partial charge in [0, 0.05) is 12.6 Å². The van der Waals surface area contributed by atoms with E-state index in [1.165, 1.54) is 12.1 Å². The molecule has 18 heavy (non-hydrogen) atoms. The van der Waals surface area contributed by atoms with E-state index in [2.05, 4.69) is 10.6 Å². The largest absolute Gasteiger partial charge is 0.352 e. The highest BCUT2D eigenvalue weighted by molar-refractivity contribution is 5.85.